The first-order valence-corrected chi connectivity index (χ1v) is 7.30. The lowest BCUT2D eigenvalue weighted by Gasteiger charge is -2.28. The van der Waals surface area contributed by atoms with Crippen LogP contribution in [0.1, 0.15) is 32.6 Å². The Morgan fingerprint density at radius 3 is 2.84 bits per heavy atom. The molecule has 1 saturated heterocycles. The predicted molar refractivity (Wildman–Crippen MR) is 76.8 cm³/mol. The third kappa shape index (κ3) is 4.67. The maximum Gasteiger partial charge on any atom is 0.234 e. The SMILES string of the molecule is CCCCCCOc1cncc(N2CCNCC2)n1. The smallest absolute Gasteiger partial charge is 0.234 e. The van der Waals surface area contributed by atoms with Crippen LogP contribution in [0.5, 0.6) is 5.88 Å². The summed E-state index contributed by atoms with van der Waals surface area (Å²) in [6, 6.07) is 0. The number of ether oxygens (including phenoxy) is 1. The largest absolute Gasteiger partial charge is 0.477 e. The lowest BCUT2D eigenvalue weighted by Crippen LogP contribution is -2.43. The second-order valence-corrected chi connectivity index (χ2v) is 4.86. The third-order valence-corrected chi connectivity index (χ3v) is 3.29. The summed E-state index contributed by atoms with van der Waals surface area (Å²) in [5, 5.41) is 3.33. The van der Waals surface area contributed by atoms with E-state index in [9.17, 15) is 0 Å². The summed E-state index contributed by atoms with van der Waals surface area (Å²) >= 11 is 0. The van der Waals surface area contributed by atoms with Gasteiger partial charge in [-0.3, -0.25) is 4.98 Å². The monoisotopic (exact) mass is 264 g/mol. The van der Waals surface area contributed by atoms with Crippen molar-refractivity contribution in [3.05, 3.63) is 12.4 Å². The molecule has 5 nitrogen and oxygen atoms in total. The van der Waals surface area contributed by atoms with Crippen molar-refractivity contribution < 1.29 is 4.74 Å². The van der Waals surface area contributed by atoms with E-state index in [1.54, 1.807) is 6.20 Å². The first kappa shape index (κ1) is 14.1. The fraction of sp³-hybridized carbons (Fsp3) is 0.714. The molecule has 2 rings (SSSR count). The zero-order chi connectivity index (χ0) is 13.3. The average molecular weight is 264 g/mol. The van der Waals surface area contributed by atoms with E-state index in [1.165, 1.54) is 19.3 Å². The summed E-state index contributed by atoms with van der Waals surface area (Å²) in [5.74, 6) is 1.57. The molecular weight excluding hydrogens is 240 g/mol. The van der Waals surface area contributed by atoms with Crippen LogP contribution in [-0.2, 0) is 0 Å². The summed E-state index contributed by atoms with van der Waals surface area (Å²) in [6.45, 7) is 6.92. The number of anilines is 1. The minimum absolute atomic E-state index is 0.646. The highest BCUT2D eigenvalue weighted by atomic mass is 16.5. The van der Waals surface area contributed by atoms with Gasteiger partial charge in [0.2, 0.25) is 5.88 Å². The molecule has 5 heteroatoms. The molecular formula is C14H24N4O. The maximum absolute atomic E-state index is 5.67. The molecule has 1 fully saturated rings. The van der Waals surface area contributed by atoms with E-state index in [4.69, 9.17) is 4.74 Å². The van der Waals surface area contributed by atoms with Crippen molar-refractivity contribution in [1.29, 1.82) is 0 Å². The molecule has 0 radical (unpaired) electrons. The van der Waals surface area contributed by atoms with Gasteiger partial charge in [0.1, 0.15) is 0 Å². The molecule has 0 aromatic carbocycles. The molecule has 0 unspecified atom stereocenters. The van der Waals surface area contributed by atoms with Crippen molar-refractivity contribution >= 4 is 5.82 Å². The Balaban J connectivity index is 1.81. The fourth-order valence-electron chi connectivity index (χ4n) is 2.16. The molecule has 2 heterocycles. The lowest BCUT2D eigenvalue weighted by atomic mass is 10.2. The quantitative estimate of drug-likeness (QED) is 0.762. The topological polar surface area (TPSA) is 50.3 Å². The molecule has 0 amide bonds. The molecule has 0 spiro atoms. The van der Waals surface area contributed by atoms with E-state index >= 15 is 0 Å². The standard InChI is InChI=1S/C14H24N4O/c1-2-3-4-5-10-19-14-12-16-11-13(17-14)18-8-6-15-7-9-18/h11-12,15H,2-10H2,1H3. The van der Waals surface area contributed by atoms with E-state index in [1.807, 2.05) is 6.20 Å². The van der Waals surface area contributed by atoms with Crippen molar-refractivity contribution in [2.24, 2.45) is 0 Å². The first-order valence-electron chi connectivity index (χ1n) is 7.30. The molecule has 1 aromatic rings. The van der Waals surface area contributed by atoms with Crippen molar-refractivity contribution in [2.45, 2.75) is 32.6 Å². The normalized spacial score (nSPS) is 15.5. The second kappa shape index (κ2) is 7.94. The van der Waals surface area contributed by atoms with E-state index in [0.717, 1.165) is 45.0 Å². The highest BCUT2D eigenvalue weighted by Crippen LogP contribution is 2.14. The summed E-state index contributed by atoms with van der Waals surface area (Å²) in [6.07, 6.45) is 8.35. The molecule has 1 N–H and O–H groups in total. The van der Waals surface area contributed by atoms with Gasteiger partial charge in [-0.15, -0.1) is 0 Å². The van der Waals surface area contributed by atoms with E-state index in [2.05, 4.69) is 27.1 Å². The summed E-state index contributed by atoms with van der Waals surface area (Å²) in [5.41, 5.74) is 0. The Bertz CT molecular complexity index is 366. The number of rotatable bonds is 7. The number of aromatic nitrogens is 2. The Kier molecular flexibility index (Phi) is 5.88. The molecule has 0 bridgehead atoms. The number of piperazine rings is 1. The van der Waals surface area contributed by atoms with Crippen LogP contribution in [0.15, 0.2) is 12.4 Å². The lowest BCUT2D eigenvalue weighted by molar-refractivity contribution is 0.292. The van der Waals surface area contributed by atoms with Gasteiger partial charge in [-0.25, -0.2) is 0 Å². The predicted octanol–water partition coefficient (Wildman–Crippen LogP) is 1.85. The van der Waals surface area contributed by atoms with Crippen LogP contribution in [0.4, 0.5) is 5.82 Å². The molecule has 19 heavy (non-hydrogen) atoms. The van der Waals surface area contributed by atoms with Crippen molar-refractivity contribution in [3.63, 3.8) is 0 Å². The van der Waals surface area contributed by atoms with Gasteiger partial charge in [0.15, 0.2) is 5.82 Å². The fourth-order valence-corrected chi connectivity index (χ4v) is 2.16. The summed E-state index contributed by atoms with van der Waals surface area (Å²) in [7, 11) is 0. The zero-order valence-corrected chi connectivity index (χ0v) is 11.8. The van der Waals surface area contributed by atoms with E-state index in [-0.39, 0.29) is 0 Å². The molecule has 1 aromatic heterocycles. The van der Waals surface area contributed by atoms with Gasteiger partial charge in [0.05, 0.1) is 19.0 Å². The van der Waals surface area contributed by atoms with E-state index in [0.29, 0.717) is 5.88 Å². The Hall–Kier alpha value is -1.36. The van der Waals surface area contributed by atoms with Gasteiger partial charge < -0.3 is 15.0 Å². The van der Waals surface area contributed by atoms with Gasteiger partial charge in [-0.2, -0.15) is 4.98 Å². The third-order valence-electron chi connectivity index (χ3n) is 3.29. The highest BCUT2D eigenvalue weighted by Gasteiger charge is 2.12. The number of hydrogen-bond acceptors (Lipinski definition) is 5. The van der Waals surface area contributed by atoms with Crippen molar-refractivity contribution in [1.82, 2.24) is 15.3 Å². The van der Waals surface area contributed by atoms with Crippen LogP contribution in [0.25, 0.3) is 0 Å². The molecule has 106 valence electrons. The van der Waals surface area contributed by atoms with Gasteiger partial charge >= 0.3 is 0 Å². The Morgan fingerprint density at radius 1 is 1.21 bits per heavy atom. The van der Waals surface area contributed by atoms with Crippen LogP contribution < -0.4 is 15.0 Å². The molecule has 1 aliphatic heterocycles. The summed E-state index contributed by atoms with van der Waals surface area (Å²) < 4.78 is 5.67. The molecule has 0 saturated carbocycles. The number of nitrogens with zero attached hydrogens (tertiary/aromatic N) is 3. The van der Waals surface area contributed by atoms with Gasteiger partial charge in [-0.1, -0.05) is 26.2 Å². The first-order chi connectivity index (χ1) is 9.40. The average Bonchev–Trinajstić information content (AvgIpc) is 2.48. The number of nitrogens with one attached hydrogen (secondary N) is 1. The van der Waals surface area contributed by atoms with Gasteiger partial charge in [0, 0.05) is 26.2 Å². The maximum atomic E-state index is 5.67. The van der Waals surface area contributed by atoms with Gasteiger partial charge in [-0.05, 0) is 6.42 Å². The van der Waals surface area contributed by atoms with Crippen molar-refractivity contribution in [2.75, 3.05) is 37.7 Å². The number of unbranched alkanes of at least 4 members (excludes halogenated alkanes) is 3. The minimum Gasteiger partial charge on any atom is -0.477 e. The van der Waals surface area contributed by atoms with Crippen LogP contribution in [0.3, 0.4) is 0 Å². The minimum atomic E-state index is 0.646. The van der Waals surface area contributed by atoms with Crippen LogP contribution >= 0.6 is 0 Å². The summed E-state index contributed by atoms with van der Waals surface area (Å²) in [4.78, 5) is 11.0. The zero-order valence-electron chi connectivity index (χ0n) is 11.8. The van der Waals surface area contributed by atoms with Crippen molar-refractivity contribution in [3.8, 4) is 5.88 Å². The molecule has 0 aliphatic carbocycles. The number of hydrogen-bond donors (Lipinski definition) is 1. The second-order valence-electron chi connectivity index (χ2n) is 4.86. The van der Waals surface area contributed by atoms with E-state index < -0.39 is 0 Å². The van der Waals surface area contributed by atoms with Gasteiger partial charge in [0.25, 0.3) is 0 Å². The van der Waals surface area contributed by atoms with Crippen LogP contribution in [0.2, 0.25) is 0 Å². The van der Waals surface area contributed by atoms with Crippen LogP contribution in [0, 0.1) is 0 Å². The van der Waals surface area contributed by atoms with Crippen LogP contribution in [-0.4, -0.2) is 42.8 Å². The highest BCUT2D eigenvalue weighted by molar-refractivity contribution is 5.38. The molecule has 1 aliphatic rings. The Morgan fingerprint density at radius 2 is 2.05 bits per heavy atom. The molecule has 0 atom stereocenters. The Labute approximate surface area is 115 Å².